The lowest BCUT2D eigenvalue weighted by Gasteiger charge is -2.32. The number of aryl methyl sites for hydroxylation is 1. The largest absolute Gasteiger partial charge is 0.496 e. The van der Waals surface area contributed by atoms with E-state index in [-0.39, 0.29) is 22.8 Å². The molecule has 0 saturated heterocycles. The Morgan fingerprint density at radius 1 is 1.26 bits per heavy atom. The van der Waals surface area contributed by atoms with Crippen LogP contribution in [-0.2, 0) is 16.4 Å². The Hall–Kier alpha value is -2.79. The number of nitrogens with one attached hydrogen (secondary N) is 3. The van der Waals surface area contributed by atoms with Gasteiger partial charge in [0.05, 0.1) is 24.2 Å². The van der Waals surface area contributed by atoms with Crippen LogP contribution in [0.15, 0.2) is 39.7 Å². The minimum Gasteiger partial charge on any atom is -0.496 e. The van der Waals surface area contributed by atoms with Crippen LogP contribution >= 0.6 is 15.9 Å². The van der Waals surface area contributed by atoms with Gasteiger partial charge < -0.3 is 20.1 Å². The van der Waals surface area contributed by atoms with Gasteiger partial charge in [0.1, 0.15) is 11.5 Å². The molecule has 0 aromatic heterocycles. The fraction of sp³-hybridized carbons (Fsp3) is 0.391. The van der Waals surface area contributed by atoms with Crippen LogP contribution in [0, 0.1) is 0 Å². The lowest BCUT2D eigenvalue weighted by atomic mass is 9.86. The first-order chi connectivity index (χ1) is 16.1. The summed E-state index contributed by atoms with van der Waals surface area (Å²) in [6.45, 7) is 4.13. The smallest absolute Gasteiger partial charge is 0.328 e. The summed E-state index contributed by atoms with van der Waals surface area (Å²) < 4.78 is 39.7. The first kappa shape index (κ1) is 25.8. The van der Waals surface area contributed by atoms with E-state index < -0.39 is 16.1 Å². The first-order valence-electron chi connectivity index (χ1n) is 10.8. The van der Waals surface area contributed by atoms with E-state index in [0.29, 0.717) is 47.6 Å². The zero-order valence-corrected chi connectivity index (χ0v) is 21.8. The molecule has 0 radical (unpaired) electrons. The molecule has 184 valence electrons. The quantitative estimate of drug-likeness (QED) is 0.483. The van der Waals surface area contributed by atoms with Gasteiger partial charge in [0.15, 0.2) is 0 Å². The van der Waals surface area contributed by atoms with Gasteiger partial charge in [0.2, 0.25) is 0 Å². The Morgan fingerprint density at radius 2 is 2.00 bits per heavy atom. The molecule has 9 nitrogen and oxygen atoms in total. The van der Waals surface area contributed by atoms with Crippen molar-refractivity contribution in [2.45, 2.75) is 43.5 Å². The Morgan fingerprint density at radius 3 is 2.65 bits per heavy atom. The molecular formula is C23H28BrN3O6S. The Kier molecular flexibility index (Phi) is 8.09. The van der Waals surface area contributed by atoms with Gasteiger partial charge in [-0.2, -0.15) is 0 Å². The van der Waals surface area contributed by atoms with Gasteiger partial charge in [0, 0.05) is 29.0 Å². The number of halogens is 1. The van der Waals surface area contributed by atoms with Gasteiger partial charge in [-0.15, -0.1) is 0 Å². The maximum Gasteiger partial charge on any atom is 0.328 e. The summed E-state index contributed by atoms with van der Waals surface area (Å²) in [5, 5.41) is 5.27. The molecule has 1 aliphatic heterocycles. The van der Waals surface area contributed by atoms with Crippen LogP contribution in [0.3, 0.4) is 0 Å². The van der Waals surface area contributed by atoms with Crippen LogP contribution in [0.5, 0.6) is 11.5 Å². The van der Waals surface area contributed by atoms with E-state index in [4.69, 9.17) is 9.47 Å². The van der Waals surface area contributed by atoms with Crippen molar-refractivity contribution < 1.29 is 27.5 Å². The van der Waals surface area contributed by atoms with Crippen LogP contribution in [-0.4, -0.2) is 47.2 Å². The second kappa shape index (κ2) is 10.6. The maximum absolute atomic E-state index is 13.0. The molecule has 3 rings (SSSR count). The average molecular weight is 554 g/mol. The summed E-state index contributed by atoms with van der Waals surface area (Å²) in [4.78, 5) is 24.7. The molecule has 0 aliphatic carbocycles. The number of amides is 3. The normalized spacial score (nSPS) is 16.0. The summed E-state index contributed by atoms with van der Waals surface area (Å²) in [5.74, 6) is 0.512. The molecule has 2 unspecified atom stereocenters. The van der Waals surface area contributed by atoms with E-state index in [1.54, 1.807) is 30.3 Å². The predicted molar refractivity (Wildman–Crippen MR) is 131 cm³/mol. The van der Waals surface area contributed by atoms with Crippen molar-refractivity contribution in [3.8, 4) is 11.5 Å². The predicted octanol–water partition coefficient (Wildman–Crippen LogP) is 3.32. The second-order valence-electron chi connectivity index (χ2n) is 7.89. The van der Waals surface area contributed by atoms with Crippen molar-refractivity contribution in [1.29, 1.82) is 0 Å². The SMILES string of the molecule is CCc1cc2c(cc1S(=O)(=O)NC(=O)NC)C(C(C)NC(=O)c1cc(Br)ccc1OC)CCO2. The van der Waals surface area contributed by atoms with Crippen LogP contribution in [0.25, 0.3) is 0 Å². The summed E-state index contributed by atoms with van der Waals surface area (Å²) in [5.41, 5.74) is 1.58. The van der Waals surface area contributed by atoms with Crippen molar-refractivity contribution in [2.24, 2.45) is 0 Å². The number of ether oxygens (including phenoxy) is 2. The fourth-order valence-electron chi connectivity index (χ4n) is 4.00. The van der Waals surface area contributed by atoms with Gasteiger partial charge in [-0.25, -0.2) is 17.9 Å². The van der Waals surface area contributed by atoms with E-state index in [1.807, 2.05) is 18.6 Å². The molecule has 1 heterocycles. The van der Waals surface area contributed by atoms with Crippen LogP contribution < -0.4 is 24.8 Å². The molecule has 0 spiro atoms. The van der Waals surface area contributed by atoms with Gasteiger partial charge in [-0.3, -0.25) is 4.79 Å². The highest BCUT2D eigenvalue weighted by atomic mass is 79.9. The maximum atomic E-state index is 13.0. The van der Waals surface area contributed by atoms with Gasteiger partial charge in [0.25, 0.3) is 15.9 Å². The highest BCUT2D eigenvalue weighted by Crippen LogP contribution is 2.39. The standard InChI is InChI=1S/C23H28BrN3O6S/c1-5-14-10-20-17(12-21(14)34(30,31)27-23(29)25-3)16(8-9-33-20)13(2)26-22(28)18-11-15(24)6-7-19(18)32-4/h6-7,10-13,16H,5,8-9H2,1-4H3,(H,26,28)(H2,25,27,29). The molecule has 0 saturated carbocycles. The zero-order chi connectivity index (χ0) is 25.0. The number of fused-ring (bicyclic) bond motifs is 1. The van der Waals surface area contributed by atoms with Gasteiger partial charge in [-0.1, -0.05) is 22.9 Å². The molecule has 2 aromatic carbocycles. The number of carbonyl (C=O) groups is 2. The number of sulfonamides is 1. The Labute approximate surface area is 207 Å². The van der Waals surface area contributed by atoms with Gasteiger partial charge >= 0.3 is 6.03 Å². The van der Waals surface area contributed by atoms with E-state index in [1.165, 1.54) is 14.2 Å². The van der Waals surface area contributed by atoms with E-state index in [9.17, 15) is 18.0 Å². The highest BCUT2D eigenvalue weighted by Gasteiger charge is 2.32. The third-order valence-electron chi connectivity index (χ3n) is 5.77. The summed E-state index contributed by atoms with van der Waals surface area (Å²) in [7, 11) is -1.26. The van der Waals surface area contributed by atoms with Crippen LogP contribution in [0.1, 0.15) is 47.7 Å². The van der Waals surface area contributed by atoms with Crippen molar-refractivity contribution in [3.05, 3.63) is 51.5 Å². The molecule has 1 aliphatic rings. The Balaban J connectivity index is 1.95. The van der Waals surface area contributed by atoms with Crippen molar-refractivity contribution >= 4 is 37.9 Å². The van der Waals surface area contributed by atoms with Crippen molar-refractivity contribution in [2.75, 3.05) is 20.8 Å². The molecule has 3 amide bonds. The minimum atomic E-state index is -4.10. The van der Waals surface area contributed by atoms with Crippen molar-refractivity contribution in [3.63, 3.8) is 0 Å². The molecular weight excluding hydrogens is 526 g/mol. The summed E-state index contributed by atoms with van der Waals surface area (Å²) in [6, 6.07) is 7.26. The lowest BCUT2D eigenvalue weighted by molar-refractivity contribution is 0.0926. The monoisotopic (exact) mass is 553 g/mol. The minimum absolute atomic E-state index is 0.0139. The third kappa shape index (κ3) is 5.47. The van der Waals surface area contributed by atoms with Gasteiger partial charge in [-0.05, 0) is 55.7 Å². The molecule has 0 bridgehead atoms. The van der Waals surface area contributed by atoms with E-state index in [0.717, 1.165) is 4.47 Å². The highest BCUT2D eigenvalue weighted by molar-refractivity contribution is 9.10. The number of hydrogen-bond acceptors (Lipinski definition) is 6. The molecule has 34 heavy (non-hydrogen) atoms. The summed E-state index contributed by atoms with van der Waals surface area (Å²) in [6.07, 6.45) is 1.01. The van der Waals surface area contributed by atoms with E-state index >= 15 is 0 Å². The number of benzene rings is 2. The second-order valence-corrected chi connectivity index (χ2v) is 10.5. The van der Waals surface area contributed by atoms with Crippen LogP contribution in [0.4, 0.5) is 4.79 Å². The number of carbonyl (C=O) groups excluding carboxylic acids is 2. The van der Waals surface area contributed by atoms with E-state index in [2.05, 4.69) is 26.6 Å². The Bertz CT molecular complexity index is 1200. The molecule has 2 atom stereocenters. The molecule has 2 aromatic rings. The number of urea groups is 1. The summed E-state index contributed by atoms with van der Waals surface area (Å²) >= 11 is 3.38. The van der Waals surface area contributed by atoms with Crippen molar-refractivity contribution in [1.82, 2.24) is 15.4 Å². The molecule has 0 fully saturated rings. The average Bonchev–Trinajstić information content (AvgIpc) is 2.82. The molecule has 11 heteroatoms. The lowest BCUT2D eigenvalue weighted by Crippen LogP contribution is -2.39. The third-order valence-corrected chi connectivity index (χ3v) is 7.68. The fourth-order valence-corrected chi connectivity index (χ4v) is 5.65. The topological polar surface area (TPSA) is 123 Å². The first-order valence-corrected chi connectivity index (χ1v) is 13.1. The zero-order valence-electron chi connectivity index (χ0n) is 19.4. The van der Waals surface area contributed by atoms with Crippen LogP contribution in [0.2, 0.25) is 0 Å². The number of methoxy groups -OCH3 is 1. The number of hydrogen-bond donors (Lipinski definition) is 3. The molecule has 3 N–H and O–H groups in total. The number of rotatable bonds is 7.